The zero-order chi connectivity index (χ0) is 8.39. The van der Waals surface area contributed by atoms with Crippen LogP contribution in [0.5, 0.6) is 0 Å². The molecule has 4 nitrogen and oxygen atoms in total. The standard InChI is InChI=1S/C8H8N2O2/c11-8(6-1-2-12-5-6)7-3-9-10-4-7/h1-5,8,11H,(H,9,10). The van der Waals surface area contributed by atoms with Gasteiger partial charge in [0, 0.05) is 17.3 Å². The molecule has 0 bridgehead atoms. The molecule has 0 saturated heterocycles. The summed E-state index contributed by atoms with van der Waals surface area (Å²) in [7, 11) is 0. The molecule has 0 amide bonds. The zero-order valence-electron chi connectivity index (χ0n) is 6.27. The van der Waals surface area contributed by atoms with E-state index in [9.17, 15) is 5.11 Å². The molecular formula is C8H8N2O2. The Morgan fingerprint density at radius 2 is 2.42 bits per heavy atom. The maximum absolute atomic E-state index is 9.65. The van der Waals surface area contributed by atoms with Gasteiger partial charge < -0.3 is 9.52 Å². The average Bonchev–Trinajstić information content (AvgIpc) is 2.77. The average molecular weight is 164 g/mol. The monoisotopic (exact) mass is 164 g/mol. The quantitative estimate of drug-likeness (QED) is 0.698. The summed E-state index contributed by atoms with van der Waals surface area (Å²) in [5, 5.41) is 16.0. The van der Waals surface area contributed by atoms with Crippen molar-refractivity contribution in [2.45, 2.75) is 6.10 Å². The molecule has 1 atom stereocenters. The molecule has 0 saturated carbocycles. The molecule has 0 radical (unpaired) electrons. The van der Waals surface area contributed by atoms with Crippen LogP contribution in [0.25, 0.3) is 0 Å². The molecule has 2 rings (SSSR count). The van der Waals surface area contributed by atoms with Crippen molar-refractivity contribution in [3.05, 3.63) is 42.1 Å². The lowest BCUT2D eigenvalue weighted by atomic mass is 10.1. The smallest absolute Gasteiger partial charge is 0.110 e. The highest BCUT2D eigenvalue weighted by molar-refractivity contribution is 5.22. The van der Waals surface area contributed by atoms with Crippen molar-refractivity contribution in [1.82, 2.24) is 10.2 Å². The summed E-state index contributed by atoms with van der Waals surface area (Å²) in [5.41, 5.74) is 1.47. The minimum Gasteiger partial charge on any atom is -0.472 e. The second kappa shape index (κ2) is 2.83. The van der Waals surface area contributed by atoms with Crippen molar-refractivity contribution in [2.75, 3.05) is 0 Å². The van der Waals surface area contributed by atoms with Crippen LogP contribution >= 0.6 is 0 Å². The molecule has 0 aromatic carbocycles. The molecule has 4 heteroatoms. The summed E-state index contributed by atoms with van der Waals surface area (Å²) in [4.78, 5) is 0. The van der Waals surface area contributed by atoms with Crippen LogP contribution in [0.15, 0.2) is 35.4 Å². The van der Waals surface area contributed by atoms with Gasteiger partial charge in [0.25, 0.3) is 0 Å². The number of nitrogens with zero attached hydrogens (tertiary/aromatic N) is 1. The van der Waals surface area contributed by atoms with E-state index in [-0.39, 0.29) is 0 Å². The number of hydrogen-bond acceptors (Lipinski definition) is 3. The fraction of sp³-hybridized carbons (Fsp3) is 0.125. The summed E-state index contributed by atoms with van der Waals surface area (Å²) >= 11 is 0. The van der Waals surface area contributed by atoms with Crippen LogP contribution in [-0.4, -0.2) is 15.3 Å². The van der Waals surface area contributed by atoms with E-state index >= 15 is 0 Å². The van der Waals surface area contributed by atoms with Crippen LogP contribution in [0.4, 0.5) is 0 Å². The lowest BCUT2D eigenvalue weighted by Crippen LogP contribution is -1.95. The second-order valence-electron chi connectivity index (χ2n) is 2.49. The van der Waals surface area contributed by atoms with Gasteiger partial charge in [-0.15, -0.1) is 0 Å². The Labute approximate surface area is 68.8 Å². The number of aliphatic hydroxyl groups excluding tert-OH is 1. The van der Waals surface area contributed by atoms with Crippen LogP contribution in [0.2, 0.25) is 0 Å². The van der Waals surface area contributed by atoms with E-state index in [4.69, 9.17) is 4.42 Å². The summed E-state index contributed by atoms with van der Waals surface area (Å²) < 4.78 is 4.84. The van der Waals surface area contributed by atoms with Crippen LogP contribution in [0.3, 0.4) is 0 Å². The highest BCUT2D eigenvalue weighted by Gasteiger charge is 2.11. The van der Waals surface area contributed by atoms with Gasteiger partial charge in [0.05, 0.1) is 18.7 Å². The van der Waals surface area contributed by atoms with Crippen molar-refractivity contribution < 1.29 is 9.52 Å². The van der Waals surface area contributed by atoms with E-state index in [1.807, 2.05) is 0 Å². The molecule has 12 heavy (non-hydrogen) atoms. The van der Waals surface area contributed by atoms with E-state index in [2.05, 4.69) is 10.2 Å². The third-order valence-electron chi connectivity index (χ3n) is 1.69. The van der Waals surface area contributed by atoms with Crippen LogP contribution in [-0.2, 0) is 0 Å². The van der Waals surface area contributed by atoms with Gasteiger partial charge in [0.15, 0.2) is 0 Å². The lowest BCUT2D eigenvalue weighted by Gasteiger charge is -2.02. The van der Waals surface area contributed by atoms with Gasteiger partial charge in [-0.3, -0.25) is 5.10 Å². The Morgan fingerprint density at radius 1 is 1.50 bits per heavy atom. The fourth-order valence-corrected chi connectivity index (χ4v) is 1.03. The van der Waals surface area contributed by atoms with Gasteiger partial charge >= 0.3 is 0 Å². The van der Waals surface area contributed by atoms with Gasteiger partial charge in [-0.05, 0) is 6.07 Å². The third-order valence-corrected chi connectivity index (χ3v) is 1.69. The van der Waals surface area contributed by atoms with Crippen molar-refractivity contribution in [2.24, 2.45) is 0 Å². The van der Waals surface area contributed by atoms with Gasteiger partial charge in [0.1, 0.15) is 6.10 Å². The molecule has 2 aromatic rings. The predicted octanol–water partition coefficient (Wildman–Crippen LogP) is 1.08. The molecule has 0 aliphatic carbocycles. The normalized spacial score (nSPS) is 13.1. The number of aromatic amines is 1. The van der Waals surface area contributed by atoms with Crippen LogP contribution in [0.1, 0.15) is 17.2 Å². The Balaban J connectivity index is 2.27. The maximum Gasteiger partial charge on any atom is 0.110 e. The van der Waals surface area contributed by atoms with Gasteiger partial charge in [-0.2, -0.15) is 5.10 Å². The first-order chi connectivity index (χ1) is 5.88. The van der Waals surface area contributed by atoms with Crippen molar-refractivity contribution in [3.8, 4) is 0 Å². The Hall–Kier alpha value is -1.55. The number of nitrogens with one attached hydrogen (secondary N) is 1. The van der Waals surface area contributed by atoms with E-state index in [0.717, 1.165) is 11.1 Å². The molecule has 2 aromatic heterocycles. The number of furan rings is 1. The van der Waals surface area contributed by atoms with Gasteiger partial charge in [-0.1, -0.05) is 0 Å². The molecule has 2 N–H and O–H groups in total. The van der Waals surface area contributed by atoms with E-state index in [0.29, 0.717) is 0 Å². The summed E-state index contributed by atoms with van der Waals surface area (Å²) in [6, 6.07) is 1.72. The van der Waals surface area contributed by atoms with Crippen molar-refractivity contribution >= 4 is 0 Å². The third kappa shape index (κ3) is 1.12. The number of rotatable bonds is 2. The SMILES string of the molecule is OC(c1cn[nH]c1)c1ccoc1. The molecule has 0 spiro atoms. The number of hydrogen-bond donors (Lipinski definition) is 2. The van der Waals surface area contributed by atoms with E-state index in [1.165, 1.54) is 12.5 Å². The van der Waals surface area contributed by atoms with E-state index < -0.39 is 6.10 Å². The molecule has 62 valence electrons. The number of aromatic nitrogens is 2. The minimum atomic E-state index is -0.650. The van der Waals surface area contributed by atoms with Gasteiger partial charge in [-0.25, -0.2) is 0 Å². The summed E-state index contributed by atoms with van der Waals surface area (Å²) in [5.74, 6) is 0. The van der Waals surface area contributed by atoms with Crippen molar-refractivity contribution in [1.29, 1.82) is 0 Å². The first-order valence-electron chi connectivity index (χ1n) is 3.57. The molecule has 0 fully saturated rings. The first kappa shape index (κ1) is 7.12. The topological polar surface area (TPSA) is 62.1 Å². The Morgan fingerprint density at radius 3 is 3.00 bits per heavy atom. The number of H-pyrrole nitrogens is 1. The predicted molar refractivity (Wildman–Crippen MR) is 41.4 cm³/mol. The maximum atomic E-state index is 9.65. The minimum absolute atomic E-state index is 0.650. The second-order valence-corrected chi connectivity index (χ2v) is 2.49. The van der Waals surface area contributed by atoms with Gasteiger partial charge in [0.2, 0.25) is 0 Å². The first-order valence-corrected chi connectivity index (χ1v) is 3.57. The van der Waals surface area contributed by atoms with Crippen LogP contribution < -0.4 is 0 Å². The molecular weight excluding hydrogens is 156 g/mol. The largest absolute Gasteiger partial charge is 0.472 e. The lowest BCUT2D eigenvalue weighted by molar-refractivity contribution is 0.219. The highest BCUT2D eigenvalue weighted by Crippen LogP contribution is 2.20. The van der Waals surface area contributed by atoms with E-state index in [1.54, 1.807) is 18.5 Å². The molecule has 0 aliphatic rings. The molecule has 2 heterocycles. The highest BCUT2D eigenvalue weighted by atomic mass is 16.3. The van der Waals surface area contributed by atoms with Crippen LogP contribution in [0, 0.1) is 0 Å². The summed E-state index contributed by atoms with van der Waals surface area (Å²) in [6.07, 6.45) is 5.62. The molecule has 0 aliphatic heterocycles. The zero-order valence-corrected chi connectivity index (χ0v) is 6.27. The Bertz CT molecular complexity index is 292. The molecule has 1 unspecified atom stereocenters. The number of aliphatic hydroxyl groups is 1. The Kier molecular flexibility index (Phi) is 1.68. The summed E-state index contributed by atoms with van der Waals surface area (Å²) in [6.45, 7) is 0. The van der Waals surface area contributed by atoms with Crippen molar-refractivity contribution in [3.63, 3.8) is 0 Å². The fourth-order valence-electron chi connectivity index (χ4n) is 1.03.